The van der Waals surface area contributed by atoms with Crippen LogP contribution in [0.1, 0.15) is 84.0 Å². The van der Waals surface area contributed by atoms with Gasteiger partial charge in [-0.2, -0.15) is 0 Å². The number of carbonyl (C=O) groups excluding carboxylic acids is 2. The molecule has 0 aliphatic rings. The Kier molecular flexibility index (Phi) is 11.4. The van der Waals surface area contributed by atoms with E-state index in [9.17, 15) is 9.59 Å². The lowest BCUT2D eigenvalue weighted by atomic mass is 10.1. The number of rotatable bonds is 15. The summed E-state index contributed by atoms with van der Waals surface area (Å²) >= 11 is 1.28. The Morgan fingerprint density at radius 1 is 0.838 bits per heavy atom. The highest BCUT2D eigenvalue weighted by molar-refractivity contribution is 7.15. The first-order chi connectivity index (χ1) is 18.0. The number of amides is 2. The maximum Gasteiger partial charge on any atom is 0.257 e. The van der Waals surface area contributed by atoms with Crippen LogP contribution >= 0.6 is 11.3 Å². The largest absolute Gasteiger partial charge is 0.495 e. The molecule has 0 spiro atoms. The summed E-state index contributed by atoms with van der Waals surface area (Å²) in [6, 6.07) is 11.9. The van der Waals surface area contributed by atoms with Crippen molar-refractivity contribution in [3.8, 4) is 11.5 Å². The summed E-state index contributed by atoms with van der Waals surface area (Å²) in [5.74, 6) is 0.516. The normalized spacial score (nSPS) is 10.7. The highest BCUT2D eigenvalue weighted by atomic mass is 32.1. The minimum absolute atomic E-state index is 0.315. The predicted octanol–water partition coefficient (Wildman–Crippen LogP) is 6.88. The fourth-order valence-electron chi connectivity index (χ4n) is 3.79. The van der Waals surface area contributed by atoms with Crippen LogP contribution in [0.5, 0.6) is 11.5 Å². The molecule has 2 amide bonds. The van der Waals surface area contributed by atoms with Crippen LogP contribution < -0.4 is 20.1 Å². The van der Waals surface area contributed by atoms with Gasteiger partial charge in [0.15, 0.2) is 0 Å². The van der Waals surface area contributed by atoms with Gasteiger partial charge in [-0.25, -0.2) is 0 Å². The van der Waals surface area contributed by atoms with Crippen molar-refractivity contribution in [2.45, 2.75) is 65.2 Å². The van der Waals surface area contributed by atoms with Crippen molar-refractivity contribution in [1.82, 2.24) is 10.2 Å². The van der Waals surface area contributed by atoms with Crippen LogP contribution in [0.4, 0.5) is 10.8 Å². The molecule has 0 fully saturated rings. The Morgan fingerprint density at radius 2 is 1.49 bits per heavy atom. The number of aryl methyl sites for hydroxylation is 1. The van der Waals surface area contributed by atoms with E-state index in [4.69, 9.17) is 9.47 Å². The van der Waals surface area contributed by atoms with E-state index >= 15 is 0 Å². The van der Waals surface area contributed by atoms with Crippen molar-refractivity contribution in [3.63, 3.8) is 0 Å². The van der Waals surface area contributed by atoms with E-state index in [0.29, 0.717) is 34.3 Å². The predicted molar refractivity (Wildman–Crippen MR) is 148 cm³/mol. The van der Waals surface area contributed by atoms with Gasteiger partial charge in [-0.05, 0) is 55.8 Å². The van der Waals surface area contributed by atoms with Gasteiger partial charge in [-0.15, -0.1) is 10.2 Å². The van der Waals surface area contributed by atoms with Crippen LogP contribution in [0, 0.1) is 6.92 Å². The van der Waals surface area contributed by atoms with Gasteiger partial charge in [0, 0.05) is 11.1 Å². The van der Waals surface area contributed by atoms with Gasteiger partial charge in [0.05, 0.1) is 19.4 Å². The Morgan fingerprint density at radius 3 is 2.14 bits per heavy atom. The van der Waals surface area contributed by atoms with E-state index in [1.807, 2.05) is 6.92 Å². The second-order valence-corrected chi connectivity index (χ2v) is 9.98. The van der Waals surface area contributed by atoms with Crippen LogP contribution in [-0.4, -0.2) is 35.7 Å². The molecule has 2 N–H and O–H groups in total. The SMILES string of the molecule is CCCCCCCCCCOc1ccc(C(=O)Nc2cc(C(=O)Nc3nnc(C)s3)ccc2OC)cc1. The number of hydrogen-bond acceptors (Lipinski definition) is 7. The molecule has 9 heteroatoms. The van der Waals surface area contributed by atoms with Crippen molar-refractivity contribution >= 4 is 34.0 Å². The number of nitrogens with one attached hydrogen (secondary N) is 2. The summed E-state index contributed by atoms with van der Waals surface area (Å²) in [6.45, 7) is 4.71. The Labute approximate surface area is 222 Å². The van der Waals surface area contributed by atoms with Gasteiger partial charge in [0.2, 0.25) is 5.13 Å². The number of anilines is 2. The van der Waals surface area contributed by atoms with Crippen LogP contribution in [-0.2, 0) is 0 Å². The van der Waals surface area contributed by atoms with Crippen molar-refractivity contribution in [2.75, 3.05) is 24.4 Å². The first-order valence-electron chi connectivity index (χ1n) is 12.8. The zero-order valence-electron chi connectivity index (χ0n) is 21.8. The maximum absolute atomic E-state index is 12.9. The van der Waals surface area contributed by atoms with Crippen LogP contribution in [0.15, 0.2) is 42.5 Å². The third-order valence-corrected chi connectivity index (χ3v) is 6.59. The fraction of sp³-hybridized carbons (Fsp3) is 0.429. The molecule has 0 aliphatic carbocycles. The smallest absolute Gasteiger partial charge is 0.257 e. The monoisotopic (exact) mass is 524 g/mol. The van der Waals surface area contributed by atoms with Crippen molar-refractivity contribution < 1.29 is 19.1 Å². The van der Waals surface area contributed by atoms with Crippen LogP contribution in [0.2, 0.25) is 0 Å². The fourth-order valence-corrected chi connectivity index (χ4v) is 4.37. The lowest BCUT2D eigenvalue weighted by Gasteiger charge is -2.12. The number of hydrogen-bond donors (Lipinski definition) is 2. The minimum atomic E-state index is -0.354. The zero-order chi connectivity index (χ0) is 26.5. The van der Waals surface area contributed by atoms with Gasteiger partial charge < -0.3 is 14.8 Å². The lowest BCUT2D eigenvalue weighted by Crippen LogP contribution is -2.15. The second-order valence-electron chi connectivity index (χ2n) is 8.80. The van der Waals surface area contributed by atoms with E-state index in [0.717, 1.165) is 17.2 Å². The average molecular weight is 525 g/mol. The summed E-state index contributed by atoms with van der Waals surface area (Å²) < 4.78 is 11.2. The molecule has 0 radical (unpaired) electrons. The summed E-state index contributed by atoms with van der Waals surface area (Å²) in [6.07, 6.45) is 10.0. The topological polar surface area (TPSA) is 102 Å². The minimum Gasteiger partial charge on any atom is -0.495 e. The van der Waals surface area contributed by atoms with E-state index in [-0.39, 0.29) is 11.8 Å². The molecular weight excluding hydrogens is 488 g/mol. The molecule has 1 aromatic heterocycles. The van der Waals surface area contributed by atoms with E-state index in [1.54, 1.807) is 42.5 Å². The molecule has 0 bridgehead atoms. The van der Waals surface area contributed by atoms with E-state index in [1.165, 1.54) is 63.4 Å². The highest BCUT2D eigenvalue weighted by Crippen LogP contribution is 2.27. The van der Waals surface area contributed by atoms with E-state index in [2.05, 4.69) is 27.8 Å². The number of methoxy groups -OCH3 is 1. The number of benzene rings is 2. The third-order valence-electron chi connectivity index (χ3n) is 5.84. The molecule has 3 rings (SSSR count). The summed E-state index contributed by atoms with van der Waals surface area (Å²) in [4.78, 5) is 25.5. The molecule has 0 unspecified atom stereocenters. The molecule has 0 saturated heterocycles. The molecule has 0 saturated carbocycles. The Balaban J connectivity index is 1.50. The van der Waals surface area contributed by atoms with Gasteiger partial charge in [0.25, 0.3) is 11.8 Å². The van der Waals surface area contributed by atoms with Gasteiger partial charge >= 0.3 is 0 Å². The number of ether oxygens (including phenoxy) is 2. The summed E-state index contributed by atoms with van der Waals surface area (Å²) in [5.41, 5.74) is 1.22. The standard InChI is InChI=1S/C28H36N4O4S/c1-4-5-6-7-8-9-10-11-18-36-23-15-12-21(13-16-23)26(33)29-24-19-22(14-17-25(24)35-3)27(34)30-28-32-31-20(2)37-28/h12-17,19H,4-11,18H2,1-3H3,(H,29,33)(H,30,32,34). The molecule has 37 heavy (non-hydrogen) atoms. The molecule has 0 aliphatic heterocycles. The Hall–Kier alpha value is -3.46. The maximum atomic E-state index is 12.9. The van der Waals surface area contributed by atoms with Crippen LogP contribution in [0.25, 0.3) is 0 Å². The third kappa shape index (κ3) is 9.17. The number of nitrogens with zero attached hydrogens (tertiary/aromatic N) is 2. The quantitative estimate of drug-likeness (QED) is 0.210. The summed E-state index contributed by atoms with van der Waals surface area (Å²) in [5, 5.41) is 14.5. The summed E-state index contributed by atoms with van der Waals surface area (Å²) in [7, 11) is 1.51. The molecule has 2 aromatic carbocycles. The lowest BCUT2D eigenvalue weighted by molar-refractivity contribution is 0.101. The van der Waals surface area contributed by atoms with Crippen molar-refractivity contribution in [2.24, 2.45) is 0 Å². The highest BCUT2D eigenvalue weighted by Gasteiger charge is 2.15. The molecule has 1 heterocycles. The first-order valence-corrected chi connectivity index (χ1v) is 13.7. The van der Waals surface area contributed by atoms with Gasteiger partial charge in [-0.1, -0.05) is 63.2 Å². The second kappa shape index (κ2) is 14.9. The Bertz CT molecular complexity index is 1150. The molecule has 0 atom stereocenters. The van der Waals surface area contributed by atoms with Gasteiger partial charge in [-0.3, -0.25) is 14.9 Å². The van der Waals surface area contributed by atoms with E-state index < -0.39 is 0 Å². The van der Waals surface area contributed by atoms with Crippen molar-refractivity contribution in [1.29, 1.82) is 0 Å². The average Bonchev–Trinajstić information content (AvgIpc) is 3.32. The molecule has 198 valence electrons. The van der Waals surface area contributed by atoms with Gasteiger partial charge in [0.1, 0.15) is 16.5 Å². The zero-order valence-corrected chi connectivity index (χ0v) is 22.7. The number of unbranched alkanes of at least 4 members (excludes halogenated alkanes) is 7. The molecule has 3 aromatic rings. The van der Waals surface area contributed by atoms with Crippen LogP contribution in [0.3, 0.4) is 0 Å². The number of aromatic nitrogens is 2. The molecular formula is C28H36N4O4S. The number of carbonyl (C=O) groups is 2. The molecule has 8 nitrogen and oxygen atoms in total. The van der Waals surface area contributed by atoms with Crippen molar-refractivity contribution in [3.05, 3.63) is 58.6 Å². The first kappa shape index (κ1) is 28.1.